The number of hydrogen-bond acceptors (Lipinski definition) is 7. The zero-order chi connectivity index (χ0) is 26.2. The molecule has 0 atom stereocenters. The van der Waals surface area contributed by atoms with E-state index in [4.69, 9.17) is 32.7 Å². The Labute approximate surface area is 229 Å². The number of nitrogens with one attached hydrogen (secondary N) is 2. The van der Waals surface area contributed by atoms with E-state index in [0.29, 0.717) is 39.3 Å². The van der Waals surface area contributed by atoms with Crippen molar-refractivity contribution in [2.24, 2.45) is 5.10 Å². The summed E-state index contributed by atoms with van der Waals surface area (Å²) in [7, 11) is 1.54. The fraction of sp³-hybridized carbons (Fsp3) is 0.148. The zero-order valence-corrected chi connectivity index (χ0v) is 22.5. The summed E-state index contributed by atoms with van der Waals surface area (Å²) in [5, 5.41) is 11.1. The van der Waals surface area contributed by atoms with Crippen LogP contribution in [0, 0.1) is 0 Å². The first kappa shape index (κ1) is 26.5. The first-order valence-corrected chi connectivity index (χ1v) is 13.0. The van der Waals surface area contributed by atoms with Gasteiger partial charge in [0, 0.05) is 27.2 Å². The smallest absolute Gasteiger partial charge is 0.271 e. The lowest BCUT2D eigenvalue weighted by Crippen LogP contribution is -2.17. The molecule has 190 valence electrons. The Kier molecular flexibility index (Phi) is 9.00. The molecular formula is C27H24Cl2N4O3S. The number of carbonyl (C=O) groups is 1. The van der Waals surface area contributed by atoms with E-state index in [0.717, 1.165) is 28.5 Å². The number of nitrogens with zero attached hydrogens (tertiary/aromatic N) is 2. The van der Waals surface area contributed by atoms with E-state index >= 15 is 0 Å². The van der Waals surface area contributed by atoms with Crippen molar-refractivity contribution < 1.29 is 14.3 Å². The van der Waals surface area contributed by atoms with Crippen LogP contribution in [0.25, 0.3) is 11.3 Å². The molecule has 0 radical (unpaired) electrons. The second kappa shape index (κ2) is 12.6. The van der Waals surface area contributed by atoms with Crippen LogP contribution in [0.4, 0.5) is 10.8 Å². The summed E-state index contributed by atoms with van der Waals surface area (Å²) >= 11 is 13.8. The lowest BCUT2D eigenvalue weighted by molar-refractivity contribution is 0.0955. The maximum absolute atomic E-state index is 12.5. The number of aromatic nitrogens is 1. The van der Waals surface area contributed by atoms with Gasteiger partial charge in [0.15, 0.2) is 16.6 Å². The van der Waals surface area contributed by atoms with E-state index in [9.17, 15) is 4.79 Å². The highest BCUT2D eigenvalue weighted by Gasteiger charge is 2.12. The Hall–Kier alpha value is -3.59. The summed E-state index contributed by atoms with van der Waals surface area (Å²) in [4.78, 5) is 17.2. The fourth-order valence-corrected chi connectivity index (χ4v) is 4.44. The van der Waals surface area contributed by atoms with Gasteiger partial charge in [0.2, 0.25) is 0 Å². The van der Waals surface area contributed by atoms with E-state index in [1.54, 1.807) is 31.4 Å². The number of amides is 1. The van der Waals surface area contributed by atoms with E-state index in [1.807, 2.05) is 48.7 Å². The Morgan fingerprint density at radius 2 is 1.86 bits per heavy atom. The van der Waals surface area contributed by atoms with Gasteiger partial charge in [-0.05, 0) is 60.5 Å². The molecule has 2 N–H and O–H groups in total. The third-order valence-electron chi connectivity index (χ3n) is 5.12. The average Bonchev–Trinajstić information content (AvgIpc) is 3.37. The monoisotopic (exact) mass is 554 g/mol. The summed E-state index contributed by atoms with van der Waals surface area (Å²) in [5.74, 6) is 0.644. The van der Waals surface area contributed by atoms with Crippen molar-refractivity contribution in [3.05, 3.63) is 87.2 Å². The number of hydrazone groups is 1. The minimum Gasteiger partial charge on any atom is -0.493 e. The lowest BCUT2D eigenvalue weighted by Gasteiger charge is -2.12. The van der Waals surface area contributed by atoms with Crippen LogP contribution in [-0.4, -0.2) is 30.8 Å². The largest absolute Gasteiger partial charge is 0.493 e. The second-order valence-electron chi connectivity index (χ2n) is 7.83. The highest BCUT2D eigenvalue weighted by atomic mass is 35.5. The van der Waals surface area contributed by atoms with Gasteiger partial charge in [-0.15, -0.1) is 11.3 Å². The van der Waals surface area contributed by atoms with Crippen molar-refractivity contribution in [1.82, 2.24) is 10.4 Å². The van der Waals surface area contributed by atoms with Gasteiger partial charge in [0.1, 0.15) is 0 Å². The molecule has 7 nitrogen and oxygen atoms in total. The van der Waals surface area contributed by atoms with E-state index < -0.39 is 0 Å². The predicted octanol–water partition coefficient (Wildman–Crippen LogP) is 7.42. The highest BCUT2D eigenvalue weighted by Crippen LogP contribution is 2.36. The molecular weight excluding hydrogens is 531 g/mol. The Morgan fingerprint density at radius 1 is 1.11 bits per heavy atom. The summed E-state index contributed by atoms with van der Waals surface area (Å²) in [6.07, 6.45) is 2.34. The van der Waals surface area contributed by atoms with Crippen LogP contribution in [0.1, 0.15) is 29.3 Å². The first-order chi connectivity index (χ1) is 18.0. The number of benzene rings is 3. The topological polar surface area (TPSA) is 84.8 Å². The summed E-state index contributed by atoms with van der Waals surface area (Å²) < 4.78 is 11.0. The van der Waals surface area contributed by atoms with Gasteiger partial charge >= 0.3 is 0 Å². The van der Waals surface area contributed by atoms with Crippen LogP contribution in [0.3, 0.4) is 0 Å². The van der Waals surface area contributed by atoms with Crippen LogP contribution >= 0.6 is 34.5 Å². The van der Waals surface area contributed by atoms with E-state index in [1.165, 1.54) is 17.6 Å². The molecule has 1 heterocycles. The maximum atomic E-state index is 12.5. The van der Waals surface area contributed by atoms with Gasteiger partial charge in [0.05, 0.1) is 30.6 Å². The van der Waals surface area contributed by atoms with Crippen LogP contribution in [0.2, 0.25) is 10.0 Å². The van der Waals surface area contributed by atoms with Gasteiger partial charge in [-0.25, -0.2) is 10.4 Å². The maximum Gasteiger partial charge on any atom is 0.271 e. The Bertz CT molecular complexity index is 1390. The molecule has 0 unspecified atom stereocenters. The number of carbonyl (C=O) groups excluding carboxylic acids is 1. The summed E-state index contributed by atoms with van der Waals surface area (Å²) in [5.41, 5.74) is 6.26. The Morgan fingerprint density at radius 3 is 2.57 bits per heavy atom. The van der Waals surface area contributed by atoms with Crippen molar-refractivity contribution in [1.29, 1.82) is 0 Å². The number of halogens is 2. The number of thiazole rings is 1. The van der Waals surface area contributed by atoms with Crippen LogP contribution in [0.5, 0.6) is 11.5 Å². The van der Waals surface area contributed by atoms with Crippen LogP contribution in [-0.2, 0) is 0 Å². The molecule has 10 heteroatoms. The van der Waals surface area contributed by atoms with Crippen molar-refractivity contribution >= 4 is 57.5 Å². The molecule has 0 spiro atoms. The van der Waals surface area contributed by atoms with Crippen molar-refractivity contribution in [3.63, 3.8) is 0 Å². The van der Waals surface area contributed by atoms with Crippen molar-refractivity contribution in [2.45, 2.75) is 13.3 Å². The van der Waals surface area contributed by atoms with Crippen LogP contribution < -0.4 is 20.2 Å². The normalized spacial score (nSPS) is 10.9. The third kappa shape index (κ3) is 7.01. The van der Waals surface area contributed by atoms with Crippen molar-refractivity contribution in [2.75, 3.05) is 19.0 Å². The highest BCUT2D eigenvalue weighted by molar-refractivity contribution is 7.14. The molecule has 0 aliphatic heterocycles. The summed E-state index contributed by atoms with van der Waals surface area (Å²) in [6, 6.07) is 18.0. The minimum absolute atomic E-state index is 0.341. The molecule has 3 aromatic carbocycles. The predicted molar refractivity (Wildman–Crippen MR) is 151 cm³/mol. The minimum atomic E-state index is -0.341. The molecule has 0 aliphatic carbocycles. The molecule has 0 bridgehead atoms. The molecule has 37 heavy (non-hydrogen) atoms. The molecule has 1 aromatic heterocycles. The quantitative estimate of drug-likeness (QED) is 0.157. The first-order valence-electron chi connectivity index (χ1n) is 11.4. The molecule has 4 rings (SSSR count). The van der Waals surface area contributed by atoms with Crippen molar-refractivity contribution in [3.8, 4) is 22.8 Å². The van der Waals surface area contributed by atoms with E-state index in [-0.39, 0.29) is 5.91 Å². The third-order valence-corrected chi connectivity index (χ3v) is 6.41. The second-order valence-corrected chi connectivity index (χ2v) is 9.53. The molecule has 0 fully saturated rings. The van der Waals surface area contributed by atoms with Crippen LogP contribution in [0.15, 0.2) is 71.1 Å². The zero-order valence-electron chi connectivity index (χ0n) is 20.1. The van der Waals surface area contributed by atoms with E-state index in [2.05, 4.69) is 20.8 Å². The van der Waals surface area contributed by atoms with Gasteiger partial charge in [-0.3, -0.25) is 4.79 Å². The van der Waals surface area contributed by atoms with Gasteiger partial charge < -0.3 is 14.8 Å². The summed E-state index contributed by atoms with van der Waals surface area (Å²) in [6.45, 7) is 2.54. The lowest BCUT2D eigenvalue weighted by atomic mass is 10.1. The van der Waals surface area contributed by atoms with Gasteiger partial charge in [-0.2, -0.15) is 5.10 Å². The molecule has 0 aliphatic rings. The average molecular weight is 555 g/mol. The van der Waals surface area contributed by atoms with Gasteiger partial charge in [-0.1, -0.05) is 42.3 Å². The van der Waals surface area contributed by atoms with Gasteiger partial charge in [0.25, 0.3) is 5.91 Å². The number of rotatable bonds is 10. The number of methoxy groups -OCH3 is 1. The fourth-order valence-electron chi connectivity index (χ4n) is 3.30. The number of anilines is 2. The molecule has 0 saturated heterocycles. The standard InChI is InChI=1S/C27H24Cl2N4O3S/c1-3-12-36-25-22(29)13-17(14-24(25)35-2)15-30-33-26(34)19-6-4-18(5-7-19)23-16-37-27(32-23)31-21-10-8-20(28)9-11-21/h4-11,13-16H,3,12H2,1-2H3,(H,31,32)(H,33,34)/b30-15-. The SMILES string of the molecule is CCCOc1c(Cl)cc(/C=N\NC(=O)c2ccc(-c3csc(Nc4ccc(Cl)cc4)n3)cc2)cc1OC. The number of hydrogen-bond donors (Lipinski definition) is 2. The number of ether oxygens (including phenoxy) is 2. The molecule has 0 saturated carbocycles. The Balaban J connectivity index is 1.37. The molecule has 1 amide bonds. The molecule has 4 aromatic rings.